The largest absolute Gasteiger partial charge is 0.388 e. The van der Waals surface area contributed by atoms with Crippen LogP contribution in [0, 0.1) is 6.92 Å². The van der Waals surface area contributed by atoms with Crippen LogP contribution in [0.3, 0.4) is 0 Å². The minimum Gasteiger partial charge on any atom is -0.388 e. The Morgan fingerprint density at radius 1 is 1.37 bits per heavy atom. The van der Waals surface area contributed by atoms with Crippen molar-refractivity contribution in [3.8, 4) is 0 Å². The van der Waals surface area contributed by atoms with Gasteiger partial charge in [0.25, 0.3) is 0 Å². The van der Waals surface area contributed by atoms with Crippen LogP contribution in [0.5, 0.6) is 0 Å². The molecule has 0 unspecified atom stereocenters. The van der Waals surface area contributed by atoms with Crippen molar-refractivity contribution in [3.05, 3.63) is 16.8 Å². The molecule has 0 bridgehead atoms. The Morgan fingerprint density at radius 3 is 2.58 bits per heavy atom. The molecule has 1 fully saturated rings. The first-order valence-corrected chi connectivity index (χ1v) is 6.78. The Bertz CT molecular complexity index is 455. The summed E-state index contributed by atoms with van der Waals surface area (Å²) in [5, 5.41) is 6.66. The molecule has 106 valence electrons. The fourth-order valence-electron chi connectivity index (χ4n) is 2.36. The standard InChI is InChI=1S/C13H18ClF2N3/c1-8-10(17-2)7-11(14)19-12(8)18-9-3-5-13(15,16)6-4-9/h7,9H,3-6H2,1-2H3,(H2,17,18,19). The third-order valence-corrected chi connectivity index (χ3v) is 3.76. The number of anilines is 2. The van der Waals surface area contributed by atoms with E-state index in [1.807, 2.05) is 14.0 Å². The lowest BCUT2D eigenvalue weighted by Gasteiger charge is -2.29. The maximum Gasteiger partial charge on any atom is 0.248 e. The van der Waals surface area contributed by atoms with E-state index < -0.39 is 5.92 Å². The SMILES string of the molecule is CNc1cc(Cl)nc(NC2CCC(F)(F)CC2)c1C. The van der Waals surface area contributed by atoms with Crippen LogP contribution in [0.25, 0.3) is 0 Å². The van der Waals surface area contributed by atoms with Crippen molar-refractivity contribution < 1.29 is 8.78 Å². The summed E-state index contributed by atoms with van der Waals surface area (Å²) in [5.41, 5.74) is 1.84. The van der Waals surface area contributed by atoms with E-state index in [1.165, 1.54) is 0 Å². The van der Waals surface area contributed by atoms with Crippen molar-refractivity contribution in [2.75, 3.05) is 17.7 Å². The van der Waals surface area contributed by atoms with E-state index >= 15 is 0 Å². The smallest absolute Gasteiger partial charge is 0.248 e. The Kier molecular flexibility index (Phi) is 4.13. The first-order valence-electron chi connectivity index (χ1n) is 6.40. The normalized spacial score (nSPS) is 19.2. The number of halogens is 3. The van der Waals surface area contributed by atoms with Gasteiger partial charge in [0.05, 0.1) is 0 Å². The molecule has 0 aliphatic heterocycles. The highest BCUT2D eigenvalue weighted by molar-refractivity contribution is 6.29. The molecular weight excluding hydrogens is 272 g/mol. The quantitative estimate of drug-likeness (QED) is 0.824. The molecule has 0 saturated heterocycles. The molecular formula is C13H18ClF2N3. The summed E-state index contributed by atoms with van der Waals surface area (Å²) in [6.07, 6.45) is 0.775. The monoisotopic (exact) mass is 289 g/mol. The van der Waals surface area contributed by atoms with Gasteiger partial charge in [0.2, 0.25) is 5.92 Å². The Hall–Kier alpha value is -1.10. The van der Waals surface area contributed by atoms with Gasteiger partial charge in [0, 0.05) is 37.2 Å². The predicted octanol–water partition coefficient (Wildman–Crippen LogP) is 4.07. The van der Waals surface area contributed by atoms with Crippen LogP contribution >= 0.6 is 11.6 Å². The van der Waals surface area contributed by atoms with Gasteiger partial charge < -0.3 is 10.6 Å². The Labute approximate surface area is 116 Å². The van der Waals surface area contributed by atoms with Crippen LogP contribution in [0.4, 0.5) is 20.3 Å². The third-order valence-electron chi connectivity index (χ3n) is 3.57. The summed E-state index contributed by atoms with van der Waals surface area (Å²) >= 11 is 5.95. The molecule has 1 aliphatic carbocycles. The highest BCUT2D eigenvalue weighted by Gasteiger charge is 2.35. The van der Waals surface area contributed by atoms with E-state index in [1.54, 1.807) is 6.07 Å². The summed E-state index contributed by atoms with van der Waals surface area (Å²) in [6.45, 7) is 1.93. The van der Waals surface area contributed by atoms with Crippen LogP contribution in [0.2, 0.25) is 5.15 Å². The molecule has 2 N–H and O–H groups in total. The van der Waals surface area contributed by atoms with Crippen LogP contribution in [0.15, 0.2) is 6.07 Å². The molecule has 19 heavy (non-hydrogen) atoms. The zero-order valence-corrected chi connectivity index (χ0v) is 11.8. The second-order valence-corrected chi connectivity index (χ2v) is 5.38. The van der Waals surface area contributed by atoms with Crippen molar-refractivity contribution in [1.82, 2.24) is 4.98 Å². The lowest BCUT2D eigenvalue weighted by Crippen LogP contribution is -2.32. The van der Waals surface area contributed by atoms with Gasteiger partial charge in [-0.25, -0.2) is 13.8 Å². The highest BCUT2D eigenvalue weighted by Crippen LogP contribution is 2.35. The fraction of sp³-hybridized carbons (Fsp3) is 0.615. The van der Waals surface area contributed by atoms with Gasteiger partial charge in [-0.1, -0.05) is 11.6 Å². The minimum atomic E-state index is -2.51. The number of nitrogens with one attached hydrogen (secondary N) is 2. The first kappa shape index (κ1) is 14.3. The predicted molar refractivity (Wildman–Crippen MR) is 74.4 cm³/mol. The average molecular weight is 290 g/mol. The summed E-state index contributed by atoms with van der Waals surface area (Å²) in [5.74, 6) is -1.84. The molecule has 6 heteroatoms. The molecule has 0 amide bonds. The average Bonchev–Trinajstić information content (AvgIpc) is 2.35. The molecule has 3 nitrogen and oxygen atoms in total. The van der Waals surface area contributed by atoms with E-state index in [0.29, 0.717) is 23.8 Å². The lowest BCUT2D eigenvalue weighted by molar-refractivity contribution is -0.0361. The number of aromatic nitrogens is 1. The van der Waals surface area contributed by atoms with Gasteiger partial charge in [0.1, 0.15) is 11.0 Å². The number of rotatable bonds is 3. The van der Waals surface area contributed by atoms with E-state index in [0.717, 1.165) is 11.3 Å². The number of hydrogen-bond acceptors (Lipinski definition) is 3. The number of hydrogen-bond donors (Lipinski definition) is 2. The van der Waals surface area contributed by atoms with Gasteiger partial charge in [-0.05, 0) is 25.8 Å². The summed E-state index contributed by atoms with van der Waals surface area (Å²) in [7, 11) is 1.81. The van der Waals surface area contributed by atoms with E-state index in [2.05, 4.69) is 15.6 Å². The van der Waals surface area contributed by atoms with Gasteiger partial charge in [-0.2, -0.15) is 0 Å². The second-order valence-electron chi connectivity index (χ2n) is 4.99. The Balaban J connectivity index is 2.09. The highest BCUT2D eigenvalue weighted by atomic mass is 35.5. The van der Waals surface area contributed by atoms with Crippen molar-refractivity contribution >= 4 is 23.1 Å². The van der Waals surface area contributed by atoms with Crippen LogP contribution in [-0.4, -0.2) is 24.0 Å². The zero-order valence-electron chi connectivity index (χ0n) is 11.1. The summed E-state index contributed by atoms with van der Waals surface area (Å²) in [4.78, 5) is 4.24. The molecule has 2 rings (SSSR count). The van der Waals surface area contributed by atoms with Crippen molar-refractivity contribution in [2.24, 2.45) is 0 Å². The Morgan fingerprint density at radius 2 is 2.00 bits per heavy atom. The van der Waals surface area contributed by atoms with Gasteiger partial charge >= 0.3 is 0 Å². The van der Waals surface area contributed by atoms with Crippen LogP contribution < -0.4 is 10.6 Å². The number of pyridine rings is 1. The van der Waals surface area contributed by atoms with Crippen molar-refractivity contribution in [3.63, 3.8) is 0 Å². The molecule has 0 spiro atoms. The lowest BCUT2D eigenvalue weighted by atomic mass is 9.92. The van der Waals surface area contributed by atoms with Gasteiger partial charge in [-0.15, -0.1) is 0 Å². The van der Waals surface area contributed by atoms with E-state index in [4.69, 9.17) is 11.6 Å². The third kappa shape index (κ3) is 3.47. The molecule has 1 saturated carbocycles. The molecule has 0 atom stereocenters. The number of nitrogens with zero attached hydrogens (tertiary/aromatic N) is 1. The molecule has 1 aromatic rings. The van der Waals surface area contributed by atoms with E-state index in [9.17, 15) is 8.78 Å². The summed E-state index contributed by atoms with van der Waals surface area (Å²) in [6, 6.07) is 1.78. The molecule has 1 aromatic heterocycles. The molecule has 0 aromatic carbocycles. The minimum absolute atomic E-state index is 0.0361. The second kappa shape index (κ2) is 5.49. The van der Waals surface area contributed by atoms with Crippen molar-refractivity contribution in [1.29, 1.82) is 0 Å². The molecule has 1 aliphatic rings. The van der Waals surface area contributed by atoms with Gasteiger partial charge in [0.15, 0.2) is 0 Å². The van der Waals surface area contributed by atoms with Crippen LogP contribution in [0.1, 0.15) is 31.2 Å². The molecule has 1 heterocycles. The van der Waals surface area contributed by atoms with Crippen LogP contribution in [-0.2, 0) is 0 Å². The number of alkyl halides is 2. The van der Waals surface area contributed by atoms with Crippen molar-refractivity contribution in [2.45, 2.75) is 44.6 Å². The van der Waals surface area contributed by atoms with Gasteiger partial charge in [-0.3, -0.25) is 0 Å². The van der Waals surface area contributed by atoms with E-state index in [-0.39, 0.29) is 18.9 Å². The summed E-state index contributed by atoms with van der Waals surface area (Å²) < 4.78 is 26.2. The maximum absolute atomic E-state index is 13.1. The maximum atomic E-state index is 13.1. The topological polar surface area (TPSA) is 37.0 Å². The zero-order chi connectivity index (χ0) is 14.0. The first-order chi connectivity index (χ1) is 8.91. The fourth-order valence-corrected chi connectivity index (χ4v) is 2.55. The molecule has 0 radical (unpaired) electrons.